The quantitative estimate of drug-likeness (QED) is 0.787. The molecule has 2 N–H and O–H groups in total. The molecule has 2 aromatic heterocycles. The van der Waals surface area contributed by atoms with Crippen molar-refractivity contribution in [3.05, 3.63) is 10.9 Å². The first kappa shape index (κ1) is 14.1. The highest BCUT2D eigenvalue weighted by Crippen LogP contribution is 2.29. The van der Waals surface area contributed by atoms with Gasteiger partial charge in [-0.3, -0.25) is 0 Å². The summed E-state index contributed by atoms with van der Waals surface area (Å²) in [6, 6.07) is 2.16. The molecule has 0 aromatic carbocycles. The van der Waals surface area contributed by atoms with Crippen LogP contribution in [0.1, 0.15) is 31.6 Å². The van der Waals surface area contributed by atoms with Crippen molar-refractivity contribution < 1.29 is 0 Å². The number of aryl methyl sites for hydroxylation is 1. The Balaban J connectivity index is 2.15. The third-order valence-electron chi connectivity index (χ3n) is 2.99. The second-order valence-electron chi connectivity index (χ2n) is 5.18. The minimum absolute atomic E-state index is 0.681. The standard InChI is InChI=1S/C14H22N4S/c1-9(2)6-5-7-16-12-11-8-10(3)19-13(11)18-14(15-4)17-12/h8-9H,5-7H2,1-4H3,(H2,15,16,17,18). The molecule has 5 heteroatoms. The second-order valence-corrected chi connectivity index (χ2v) is 6.42. The molecule has 104 valence electrons. The summed E-state index contributed by atoms with van der Waals surface area (Å²) in [6.45, 7) is 7.57. The van der Waals surface area contributed by atoms with Gasteiger partial charge in [0.05, 0.1) is 5.39 Å². The summed E-state index contributed by atoms with van der Waals surface area (Å²) < 4.78 is 0. The van der Waals surface area contributed by atoms with Gasteiger partial charge in [0.15, 0.2) is 0 Å². The van der Waals surface area contributed by atoms with Gasteiger partial charge in [-0.2, -0.15) is 4.98 Å². The van der Waals surface area contributed by atoms with E-state index in [1.54, 1.807) is 11.3 Å². The Bertz CT molecular complexity index is 548. The van der Waals surface area contributed by atoms with Crippen LogP contribution in [-0.4, -0.2) is 23.6 Å². The second kappa shape index (κ2) is 6.19. The Morgan fingerprint density at radius 1 is 1.32 bits per heavy atom. The molecule has 0 aliphatic rings. The zero-order chi connectivity index (χ0) is 13.8. The number of fused-ring (bicyclic) bond motifs is 1. The van der Waals surface area contributed by atoms with E-state index in [0.29, 0.717) is 5.95 Å². The van der Waals surface area contributed by atoms with E-state index < -0.39 is 0 Å². The molecule has 0 aliphatic heterocycles. The van der Waals surface area contributed by atoms with Crippen molar-refractivity contribution in [2.24, 2.45) is 5.92 Å². The first-order chi connectivity index (χ1) is 9.10. The predicted molar refractivity (Wildman–Crippen MR) is 84.3 cm³/mol. The first-order valence-electron chi connectivity index (χ1n) is 6.80. The van der Waals surface area contributed by atoms with Crippen molar-refractivity contribution in [2.45, 2.75) is 33.6 Å². The average molecular weight is 278 g/mol. The van der Waals surface area contributed by atoms with Crippen LogP contribution in [0.2, 0.25) is 0 Å². The lowest BCUT2D eigenvalue weighted by atomic mass is 10.1. The summed E-state index contributed by atoms with van der Waals surface area (Å²) >= 11 is 1.71. The molecule has 19 heavy (non-hydrogen) atoms. The maximum Gasteiger partial charge on any atom is 0.225 e. The Morgan fingerprint density at radius 2 is 2.11 bits per heavy atom. The summed E-state index contributed by atoms with van der Waals surface area (Å²) in [7, 11) is 1.85. The zero-order valence-electron chi connectivity index (χ0n) is 12.1. The maximum atomic E-state index is 4.52. The Hall–Kier alpha value is -1.36. The zero-order valence-corrected chi connectivity index (χ0v) is 12.9. The molecule has 0 radical (unpaired) electrons. The lowest BCUT2D eigenvalue weighted by Crippen LogP contribution is -2.07. The van der Waals surface area contributed by atoms with Crippen molar-refractivity contribution in [1.29, 1.82) is 0 Å². The van der Waals surface area contributed by atoms with Crippen LogP contribution in [0.25, 0.3) is 10.2 Å². The molecule has 2 rings (SSSR count). The number of rotatable bonds is 6. The third kappa shape index (κ3) is 3.56. The van der Waals surface area contributed by atoms with Gasteiger partial charge in [0.1, 0.15) is 10.6 Å². The largest absolute Gasteiger partial charge is 0.369 e. The number of anilines is 2. The van der Waals surface area contributed by atoms with Gasteiger partial charge in [-0.05, 0) is 31.7 Å². The van der Waals surface area contributed by atoms with E-state index in [1.807, 2.05) is 7.05 Å². The van der Waals surface area contributed by atoms with Crippen LogP contribution in [-0.2, 0) is 0 Å². The number of hydrogen-bond acceptors (Lipinski definition) is 5. The normalized spacial score (nSPS) is 11.2. The van der Waals surface area contributed by atoms with Crippen molar-refractivity contribution in [2.75, 3.05) is 24.2 Å². The van der Waals surface area contributed by atoms with Gasteiger partial charge in [-0.1, -0.05) is 13.8 Å². The van der Waals surface area contributed by atoms with Crippen LogP contribution >= 0.6 is 11.3 Å². The van der Waals surface area contributed by atoms with E-state index in [0.717, 1.165) is 28.5 Å². The highest BCUT2D eigenvalue weighted by atomic mass is 32.1. The Labute approximate surface area is 118 Å². The molecule has 2 heterocycles. The summed E-state index contributed by atoms with van der Waals surface area (Å²) in [4.78, 5) is 11.3. The van der Waals surface area contributed by atoms with Crippen molar-refractivity contribution in [3.8, 4) is 0 Å². The lowest BCUT2D eigenvalue weighted by molar-refractivity contribution is 0.567. The molecule has 4 nitrogen and oxygen atoms in total. The smallest absolute Gasteiger partial charge is 0.225 e. The predicted octanol–water partition coefficient (Wildman–Crippen LogP) is 3.89. The lowest BCUT2D eigenvalue weighted by Gasteiger charge is -2.09. The van der Waals surface area contributed by atoms with E-state index in [4.69, 9.17) is 0 Å². The molecule has 0 saturated carbocycles. The summed E-state index contributed by atoms with van der Waals surface area (Å²) in [6.07, 6.45) is 2.41. The molecule has 0 atom stereocenters. The number of hydrogen-bond donors (Lipinski definition) is 2. The molecule has 0 spiro atoms. The Kier molecular flexibility index (Phi) is 4.58. The molecule has 0 amide bonds. The van der Waals surface area contributed by atoms with Gasteiger partial charge in [0, 0.05) is 18.5 Å². The van der Waals surface area contributed by atoms with Crippen LogP contribution in [0.5, 0.6) is 0 Å². The fraction of sp³-hybridized carbons (Fsp3) is 0.571. The van der Waals surface area contributed by atoms with Gasteiger partial charge in [-0.15, -0.1) is 11.3 Å². The van der Waals surface area contributed by atoms with Gasteiger partial charge in [-0.25, -0.2) is 4.98 Å². The van der Waals surface area contributed by atoms with E-state index in [2.05, 4.69) is 47.4 Å². The first-order valence-corrected chi connectivity index (χ1v) is 7.61. The average Bonchev–Trinajstić information content (AvgIpc) is 2.74. The van der Waals surface area contributed by atoms with Crippen LogP contribution in [0.15, 0.2) is 6.07 Å². The van der Waals surface area contributed by atoms with Crippen LogP contribution in [0.4, 0.5) is 11.8 Å². The molecule has 0 saturated heterocycles. The molecule has 0 unspecified atom stereocenters. The van der Waals surface area contributed by atoms with Gasteiger partial charge in [0.25, 0.3) is 0 Å². The number of nitrogens with zero attached hydrogens (tertiary/aromatic N) is 2. The molecular weight excluding hydrogens is 256 g/mol. The molecular formula is C14H22N4S. The van der Waals surface area contributed by atoms with Crippen LogP contribution < -0.4 is 10.6 Å². The summed E-state index contributed by atoms with van der Waals surface area (Å²) in [5.41, 5.74) is 0. The van der Waals surface area contributed by atoms with E-state index in [9.17, 15) is 0 Å². The molecule has 0 bridgehead atoms. The topological polar surface area (TPSA) is 49.8 Å². The molecule has 0 aliphatic carbocycles. The fourth-order valence-corrected chi connectivity index (χ4v) is 2.89. The van der Waals surface area contributed by atoms with Gasteiger partial charge < -0.3 is 10.6 Å². The van der Waals surface area contributed by atoms with E-state index in [1.165, 1.54) is 17.7 Å². The SMILES string of the molecule is CNc1nc(NCCCC(C)C)c2cc(C)sc2n1. The van der Waals surface area contributed by atoms with E-state index >= 15 is 0 Å². The number of aromatic nitrogens is 2. The Morgan fingerprint density at radius 3 is 2.79 bits per heavy atom. The maximum absolute atomic E-state index is 4.52. The van der Waals surface area contributed by atoms with Crippen LogP contribution in [0.3, 0.4) is 0 Å². The van der Waals surface area contributed by atoms with Gasteiger partial charge in [0.2, 0.25) is 5.95 Å². The minimum atomic E-state index is 0.681. The minimum Gasteiger partial charge on any atom is -0.369 e. The van der Waals surface area contributed by atoms with Crippen molar-refractivity contribution >= 4 is 33.3 Å². The molecule has 0 fully saturated rings. The highest BCUT2D eigenvalue weighted by Gasteiger charge is 2.09. The van der Waals surface area contributed by atoms with Crippen LogP contribution in [0, 0.1) is 12.8 Å². The fourth-order valence-electron chi connectivity index (χ4n) is 2.01. The van der Waals surface area contributed by atoms with Crippen molar-refractivity contribution in [1.82, 2.24) is 9.97 Å². The van der Waals surface area contributed by atoms with Gasteiger partial charge >= 0.3 is 0 Å². The summed E-state index contributed by atoms with van der Waals surface area (Å²) in [5, 5.41) is 7.60. The molecule has 2 aromatic rings. The monoisotopic (exact) mass is 278 g/mol. The third-order valence-corrected chi connectivity index (χ3v) is 3.93. The van der Waals surface area contributed by atoms with E-state index in [-0.39, 0.29) is 0 Å². The number of nitrogens with one attached hydrogen (secondary N) is 2. The highest BCUT2D eigenvalue weighted by molar-refractivity contribution is 7.18. The van der Waals surface area contributed by atoms with Crippen molar-refractivity contribution in [3.63, 3.8) is 0 Å². The number of thiophene rings is 1. The summed E-state index contributed by atoms with van der Waals surface area (Å²) in [5.74, 6) is 2.38.